The van der Waals surface area contributed by atoms with Crippen molar-refractivity contribution in [1.29, 1.82) is 0 Å². The summed E-state index contributed by atoms with van der Waals surface area (Å²) in [6, 6.07) is 14.5. The molecule has 0 saturated carbocycles. The molecule has 1 unspecified atom stereocenters. The Hall–Kier alpha value is -1.51. The number of benzene rings is 2. The van der Waals surface area contributed by atoms with E-state index < -0.39 is 0 Å². The SMILES string of the molecule is CCNC(c1ccc(OC)c(Cl)c1)c1ccccc1C. The second-order valence-corrected chi connectivity index (χ2v) is 5.15. The van der Waals surface area contributed by atoms with Gasteiger partial charge in [0.05, 0.1) is 18.2 Å². The third-order valence-corrected chi connectivity index (χ3v) is 3.71. The van der Waals surface area contributed by atoms with Crippen molar-refractivity contribution >= 4 is 11.6 Å². The molecule has 0 bridgehead atoms. The number of methoxy groups -OCH3 is 1. The zero-order chi connectivity index (χ0) is 14.5. The van der Waals surface area contributed by atoms with Crippen molar-refractivity contribution in [1.82, 2.24) is 5.32 Å². The Morgan fingerprint density at radius 3 is 2.55 bits per heavy atom. The molecule has 2 aromatic rings. The Bertz CT molecular complexity index is 583. The summed E-state index contributed by atoms with van der Waals surface area (Å²) in [6.07, 6.45) is 0. The van der Waals surface area contributed by atoms with E-state index in [1.165, 1.54) is 11.1 Å². The van der Waals surface area contributed by atoms with Crippen LogP contribution in [0.5, 0.6) is 5.75 Å². The van der Waals surface area contributed by atoms with Gasteiger partial charge in [0.1, 0.15) is 5.75 Å². The van der Waals surface area contributed by atoms with Crippen LogP contribution in [-0.2, 0) is 0 Å². The molecule has 1 atom stereocenters. The summed E-state index contributed by atoms with van der Waals surface area (Å²) in [5, 5.41) is 4.16. The van der Waals surface area contributed by atoms with Crippen molar-refractivity contribution in [3.8, 4) is 5.75 Å². The van der Waals surface area contributed by atoms with Gasteiger partial charge in [-0.05, 0) is 42.3 Å². The average molecular weight is 290 g/mol. The maximum absolute atomic E-state index is 6.25. The molecule has 0 aliphatic heterocycles. The van der Waals surface area contributed by atoms with E-state index >= 15 is 0 Å². The van der Waals surface area contributed by atoms with E-state index in [1.54, 1.807) is 7.11 Å². The van der Waals surface area contributed by atoms with Gasteiger partial charge in [0.15, 0.2) is 0 Å². The van der Waals surface area contributed by atoms with Crippen LogP contribution in [0.2, 0.25) is 5.02 Å². The van der Waals surface area contributed by atoms with Crippen LogP contribution in [0.15, 0.2) is 42.5 Å². The standard InChI is InChI=1S/C17H20ClNO/c1-4-19-17(14-8-6-5-7-12(14)2)13-9-10-16(20-3)15(18)11-13/h5-11,17,19H,4H2,1-3H3. The van der Waals surface area contributed by atoms with Gasteiger partial charge in [-0.15, -0.1) is 0 Å². The van der Waals surface area contributed by atoms with Gasteiger partial charge in [-0.1, -0.05) is 48.9 Å². The first-order chi connectivity index (χ1) is 9.67. The van der Waals surface area contributed by atoms with Crippen LogP contribution < -0.4 is 10.1 Å². The van der Waals surface area contributed by atoms with Gasteiger partial charge in [0.2, 0.25) is 0 Å². The zero-order valence-electron chi connectivity index (χ0n) is 12.1. The normalized spacial score (nSPS) is 12.2. The molecule has 2 aromatic carbocycles. The van der Waals surface area contributed by atoms with Gasteiger partial charge in [0, 0.05) is 0 Å². The highest BCUT2D eigenvalue weighted by Gasteiger charge is 2.16. The zero-order valence-corrected chi connectivity index (χ0v) is 12.9. The lowest BCUT2D eigenvalue weighted by Crippen LogP contribution is -2.22. The fraction of sp³-hybridized carbons (Fsp3) is 0.294. The predicted molar refractivity (Wildman–Crippen MR) is 84.7 cm³/mol. The maximum atomic E-state index is 6.25. The molecule has 0 amide bonds. The van der Waals surface area contributed by atoms with Crippen molar-refractivity contribution in [2.45, 2.75) is 19.9 Å². The van der Waals surface area contributed by atoms with Crippen LogP contribution in [-0.4, -0.2) is 13.7 Å². The molecule has 20 heavy (non-hydrogen) atoms. The van der Waals surface area contributed by atoms with Crippen molar-refractivity contribution < 1.29 is 4.74 Å². The van der Waals surface area contributed by atoms with Crippen LogP contribution in [0.3, 0.4) is 0 Å². The smallest absolute Gasteiger partial charge is 0.137 e. The lowest BCUT2D eigenvalue weighted by atomic mass is 9.95. The van der Waals surface area contributed by atoms with E-state index in [1.807, 2.05) is 12.1 Å². The average Bonchev–Trinajstić information content (AvgIpc) is 2.46. The van der Waals surface area contributed by atoms with E-state index in [0.29, 0.717) is 10.8 Å². The van der Waals surface area contributed by atoms with Crippen LogP contribution >= 0.6 is 11.6 Å². The Morgan fingerprint density at radius 1 is 1.20 bits per heavy atom. The van der Waals surface area contributed by atoms with Crippen molar-refractivity contribution in [2.75, 3.05) is 13.7 Å². The molecule has 0 radical (unpaired) electrons. The summed E-state index contributed by atoms with van der Waals surface area (Å²) in [7, 11) is 1.63. The molecular weight excluding hydrogens is 270 g/mol. The minimum Gasteiger partial charge on any atom is -0.495 e. The molecule has 2 rings (SSSR count). The molecule has 0 aliphatic rings. The molecule has 106 valence electrons. The van der Waals surface area contributed by atoms with Gasteiger partial charge >= 0.3 is 0 Å². The van der Waals surface area contributed by atoms with Crippen LogP contribution in [0.1, 0.15) is 29.7 Å². The highest BCUT2D eigenvalue weighted by molar-refractivity contribution is 6.32. The molecule has 0 fully saturated rings. The molecule has 0 heterocycles. The van der Waals surface area contributed by atoms with E-state index in [-0.39, 0.29) is 6.04 Å². The van der Waals surface area contributed by atoms with E-state index in [0.717, 1.165) is 12.1 Å². The number of hydrogen-bond acceptors (Lipinski definition) is 2. The first kappa shape index (κ1) is 14.9. The summed E-state index contributed by atoms with van der Waals surface area (Å²) >= 11 is 6.25. The number of hydrogen-bond donors (Lipinski definition) is 1. The van der Waals surface area contributed by atoms with E-state index in [2.05, 4.69) is 49.5 Å². The Kier molecular flexibility index (Phi) is 5.05. The number of aryl methyl sites for hydroxylation is 1. The molecule has 1 N–H and O–H groups in total. The number of halogens is 1. The largest absolute Gasteiger partial charge is 0.495 e. The topological polar surface area (TPSA) is 21.3 Å². The molecule has 0 saturated heterocycles. The Morgan fingerprint density at radius 2 is 1.95 bits per heavy atom. The number of rotatable bonds is 5. The minimum atomic E-state index is 0.143. The Labute approximate surface area is 125 Å². The first-order valence-corrected chi connectivity index (χ1v) is 7.17. The quantitative estimate of drug-likeness (QED) is 0.883. The van der Waals surface area contributed by atoms with Crippen LogP contribution in [0.25, 0.3) is 0 Å². The molecule has 3 heteroatoms. The Balaban J connectivity index is 2.43. The highest BCUT2D eigenvalue weighted by atomic mass is 35.5. The van der Waals surface area contributed by atoms with Gasteiger partial charge in [-0.2, -0.15) is 0 Å². The number of ether oxygens (including phenoxy) is 1. The summed E-state index contributed by atoms with van der Waals surface area (Å²) in [4.78, 5) is 0. The lowest BCUT2D eigenvalue weighted by Gasteiger charge is -2.21. The summed E-state index contributed by atoms with van der Waals surface area (Å²) in [6.45, 7) is 5.13. The lowest BCUT2D eigenvalue weighted by molar-refractivity contribution is 0.414. The molecule has 0 aromatic heterocycles. The third kappa shape index (κ3) is 3.14. The summed E-state index contributed by atoms with van der Waals surface area (Å²) in [5.41, 5.74) is 3.69. The predicted octanol–water partition coefficient (Wildman–Crippen LogP) is 4.36. The summed E-state index contributed by atoms with van der Waals surface area (Å²) in [5.74, 6) is 0.704. The van der Waals surface area contributed by atoms with Crippen molar-refractivity contribution in [3.05, 3.63) is 64.2 Å². The highest BCUT2D eigenvalue weighted by Crippen LogP contribution is 2.31. The fourth-order valence-electron chi connectivity index (χ4n) is 2.38. The molecular formula is C17H20ClNO. The van der Waals surface area contributed by atoms with Crippen molar-refractivity contribution in [2.24, 2.45) is 0 Å². The fourth-order valence-corrected chi connectivity index (χ4v) is 2.65. The van der Waals surface area contributed by atoms with Crippen LogP contribution in [0, 0.1) is 6.92 Å². The molecule has 2 nitrogen and oxygen atoms in total. The van der Waals surface area contributed by atoms with Crippen molar-refractivity contribution in [3.63, 3.8) is 0 Å². The van der Waals surface area contributed by atoms with E-state index in [4.69, 9.17) is 16.3 Å². The number of nitrogens with one attached hydrogen (secondary N) is 1. The maximum Gasteiger partial charge on any atom is 0.137 e. The van der Waals surface area contributed by atoms with Gasteiger partial charge in [-0.25, -0.2) is 0 Å². The van der Waals surface area contributed by atoms with Gasteiger partial charge < -0.3 is 10.1 Å². The third-order valence-electron chi connectivity index (χ3n) is 3.42. The molecule has 0 aliphatic carbocycles. The van der Waals surface area contributed by atoms with Gasteiger partial charge in [0.25, 0.3) is 0 Å². The van der Waals surface area contributed by atoms with E-state index in [9.17, 15) is 0 Å². The van der Waals surface area contributed by atoms with Gasteiger partial charge in [-0.3, -0.25) is 0 Å². The molecule has 0 spiro atoms. The second kappa shape index (κ2) is 6.78. The van der Waals surface area contributed by atoms with Crippen LogP contribution in [0.4, 0.5) is 0 Å². The first-order valence-electron chi connectivity index (χ1n) is 6.79. The monoisotopic (exact) mass is 289 g/mol. The minimum absolute atomic E-state index is 0.143. The summed E-state index contributed by atoms with van der Waals surface area (Å²) < 4.78 is 5.22. The second-order valence-electron chi connectivity index (χ2n) is 4.74.